The van der Waals surface area contributed by atoms with Crippen LogP contribution in [0.15, 0.2) is 28.7 Å². The zero-order chi connectivity index (χ0) is 16.2. The van der Waals surface area contributed by atoms with Gasteiger partial charge in [0, 0.05) is 17.1 Å². The summed E-state index contributed by atoms with van der Waals surface area (Å²) in [6.07, 6.45) is 1.05. The van der Waals surface area contributed by atoms with Gasteiger partial charge in [0.15, 0.2) is 0 Å². The fourth-order valence-electron chi connectivity index (χ4n) is 2.27. The molecular weight excluding hydrogens is 348 g/mol. The summed E-state index contributed by atoms with van der Waals surface area (Å²) in [4.78, 5) is 12.4. The lowest BCUT2D eigenvalue weighted by molar-refractivity contribution is -0.127. The Kier molecular flexibility index (Phi) is 5.97. The van der Waals surface area contributed by atoms with Crippen molar-refractivity contribution in [3.8, 4) is 0 Å². The molecule has 1 aliphatic rings. The van der Waals surface area contributed by atoms with Gasteiger partial charge in [0.1, 0.15) is 5.54 Å². The highest BCUT2D eigenvalue weighted by Gasteiger charge is 2.31. The number of halogens is 1. The van der Waals surface area contributed by atoms with Gasteiger partial charge in [-0.1, -0.05) is 28.1 Å². The summed E-state index contributed by atoms with van der Waals surface area (Å²) < 4.78 is 11.9. The zero-order valence-electron chi connectivity index (χ0n) is 13.0. The number of amides is 1. The largest absolute Gasteiger partial charge is 0.379 e. The lowest BCUT2D eigenvalue weighted by Gasteiger charge is -2.27. The lowest BCUT2D eigenvalue weighted by Crippen LogP contribution is -2.52. The van der Waals surface area contributed by atoms with Crippen molar-refractivity contribution in [2.45, 2.75) is 38.0 Å². The monoisotopic (exact) mass is 370 g/mol. The molecular formula is C16H23BrN2O3. The van der Waals surface area contributed by atoms with Crippen LogP contribution in [0.4, 0.5) is 0 Å². The Balaban J connectivity index is 1.87. The van der Waals surface area contributed by atoms with Gasteiger partial charge in [0.25, 0.3) is 0 Å². The van der Waals surface area contributed by atoms with Crippen molar-refractivity contribution in [2.75, 3.05) is 19.8 Å². The van der Waals surface area contributed by atoms with Crippen LogP contribution in [0.1, 0.15) is 25.8 Å². The molecule has 0 bridgehead atoms. The van der Waals surface area contributed by atoms with E-state index in [1.54, 1.807) is 6.92 Å². The molecule has 3 unspecified atom stereocenters. The van der Waals surface area contributed by atoms with E-state index >= 15 is 0 Å². The number of hydrogen-bond acceptors (Lipinski definition) is 4. The fraction of sp³-hybridized carbons (Fsp3) is 0.562. The minimum absolute atomic E-state index is 0.105. The van der Waals surface area contributed by atoms with Crippen molar-refractivity contribution < 1.29 is 14.3 Å². The van der Waals surface area contributed by atoms with Crippen molar-refractivity contribution in [3.63, 3.8) is 0 Å². The van der Waals surface area contributed by atoms with E-state index in [-0.39, 0.29) is 18.1 Å². The van der Waals surface area contributed by atoms with Crippen molar-refractivity contribution >= 4 is 21.8 Å². The molecule has 1 aromatic carbocycles. The molecule has 3 atom stereocenters. The number of carbonyl (C=O) groups is 1. The van der Waals surface area contributed by atoms with E-state index in [2.05, 4.69) is 21.2 Å². The number of hydrogen-bond donors (Lipinski definition) is 2. The van der Waals surface area contributed by atoms with E-state index in [0.29, 0.717) is 13.2 Å². The average Bonchev–Trinajstić information content (AvgIpc) is 2.99. The number of carbonyl (C=O) groups excluding carboxylic acids is 1. The summed E-state index contributed by atoms with van der Waals surface area (Å²) in [5.74, 6) is -0.214. The topological polar surface area (TPSA) is 73.6 Å². The predicted molar refractivity (Wildman–Crippen MR) is 88.5 cm³/mol. The number of ether oxygens (including phenoxy) is 2. The van der Waals surface area contributed by atoms with Crippen LogP contribution >= 0.6 is 15.9 Å². The molecule has 1 heterocycles. The van der Waals surface area contributed by atoms with E-state index in [1.165, 1.54) is 0 Å². The molecule has 0 radical (unpaired) electrons. The molecule has 0 aromatic heterocycles. The van der Waals surface area contributed by atoms with Gasteiger partial charge >= 0.3 is 0 Å². The first kappa shape index (κ1) is 17.4. The summed E-state index contributed by atoms with van der Waals surface area (Å²) in [6.45, 7) is 5.45. The first-order chi connectivity index (χ1) is 10.4. The zero-order valence-corrected chi connectivity index (χ0v) is 14.6. The molecule has 2 rings (SSSR count). The van der Waals surface area contributed by atoms with Crippen LogP contribution < -0.4 is 11.1 Å². The molecule has 122 valence electrons. The lowest BCUT2D eigenvalue weighted by atomic mass is 9.92. The molecule has 0 saturated carbocycles. The Morgan fingerprint density at radius 3 is 2.82 bits per heavy atom. The van der Waals surface area contributed by atoms with Gasteiger partial charge in [0.2, 0.25) is 5.91 Å². The summed E-state index contributed by atoms with van der Waals surface area (Å²) in [5, 5.41) is 2.92. The van der Waals surface area contributed by atoms with Crippen molar-refractivity contribution in [1.82, 2.24) is 5.32 Å². The molecule has 1 fully saturated rings. The molecule has 1 amide bonds. The third-order valence-electron chi connectivity index (χ3n) is 3.76. The van der Waals surface area contributed by atoms with Gasteiger partial charge in [-0.15, -0.1) is 0 Å². The third kappa shape index (κ3) is 4.52. The summed E-state index contributed by atoms with van der Waals surface area (Å²) in [7, 11) is 0. The molecule has 0 aliphatic carbocycles. The second kappa shape index (κ2) is 7.55. The molecule has 5 nitrogen and oxygen atoms in total. The van der Waals surface area contributed by atoms with Crippen LogP contribution in [0.5, 0.6) is 0 Å². The molecule has 1 aromatic rings. The molecule has 0 spiro atoms. The number of rotatable bonds is 6. The quantitative estimate of drug-likeness (QED) is 0.802. The molecule has 1 aliphatic heterocycles. The van der Waals surface area contributed by atoms with E-state index in [0.717, 1.165) is 23.1 Å². The van der Waals surface area contributed by atoms with Crippen LogP contribution in [-0.4, -0.2) is 37.9 Å². The second-order valence-electron chi connectivity index (χ2n) is 5.90. The van der Waals surface area contributed by atoms with Gasteiger partial charge in [-0.2, -0.15) is 0 Å². The number of benzene rings is 1. The Morgan fingerprint density at radius 2 is 2.23 bits per heavy atom. The van der Waals surface area contributed by atoms with Gasteiger partial charge in [-0.05, 0) is 38.0 Å². The maximum atomic E-state index is 12.4. The van der Waals surface area contributed by atoms with E-state index < -0.39 is 5.54 Å². The Hall–Kier alpha value is -0.950. The van der Waals surface area contributed by atoms with Crippen molar-refractivity contribution in [1.29, 1.82) is 0 Å². The molecule has 6 heteroatoms. The fourth-order valence-corrected chi connectivity index (χ4v) is 2.53. The van der Waals surface area contributed by atoms with Gasteiger partial charge in [0.05, 0.1) is 19.3 Å². The van der Waals surface area contributed by atoms with Crippen molar-refractivity contribution in [2.24, 2.45) is 5.73 Å². The summed E-state index contributed by atoms with van der Waals surface area (Å²) >= 11 is 3.37. The SMILES string of the molecule is CC(COC1CCOC1)NC(=O)C(C)(N)c1ccc(Br)cc1. The van der Waals surface area contributed by atoms with E-state index in [1.807, 2.05) is 31.2 Å². The first-order valence-corrected chi connectivity index (χ1v) is 8.24. The highest BCUT2D eigenvalue weighted by molar-refractivity contribution is 9.10. The highest BCUT2D eigenvalue weighted by atomic mass is 79.9. The highest BCUT2D eigenvalue weighted by Crippen LogP contribution is 2.21. The minimum atomic E-state index is -1.08. The number of nitrogens with two attached hydrogens (primary N) is 1. The maximum Gasteiger partial charge on any atom is 0.244 e. The Morgan fingerprint density at radius 1 is 1.55 bits per heavy atom. The molecule has 22 heavy (non-hydrogen) atoms. The third-order valence-corrected chi connectivity index (χ3v) is 4.29. The Bertz CT molecular complexity index is 499. The van der Waals surface area contributed by atoms with Gasteiger partial charge in [-0.3, -0.25) is 4.79 Å². The maximum absolute atomic E-state index is 12.4. The normalized spacial score (nSPS) is 22.1. The predicted octanol–water partition coefficient (Wildman–Crippen LogP) is 1.93. The van der Waals surface area contributed by atoms with Crippen molar-refractivity contribution in [3.05, 3.63) is 34.3 Å². The first-order valence-electron chi connectivity index (χ1n) is 7.45. The summed E-state index contributed by atoms with van der Waals surface area (Å²) in [6, 6.07) is 7.34. The van der Waals surface area contributed by atoms with Crippen LogP contribution in [0, 0.1) is 0 Å². The van der Waals surface area contributed by atoms with Crippen LogP contribution in [0.3, 0.4) is 0 Å². The smallest absolute Gasteiger partial charge is 0.244 e. The number of nitrogens with one attached hydrogen (secondary N) is 1. The van der Waals surface area contributed by atoms with E-state index in [9.17, 15) is 4.79 Å². The molecule has 3 N–H and O–H groups in total. The van der Waals surface area contributed by atoms with Crippen LogP contribution in [-0.2, 0) is 19.8 Å². The average molecular weight is 371 g/mol. The van der Waals surface area contributed by atoms with E-state index in [4.69, 9.17) is 15.2 Å². The van der Waals surface area contributed by atoms with Gasteiger partial charge in [-0.25, -0.2) is 0 Å². The van der Waals surface area contributed by atoms with Crippen LogP contribution in [0.25, 0.3) is 0 Å². The second-order valence-corrected chi connectivity index (χ2v) is 6.82. The summed E-state index contributed by atoms with van der Waals surface area (Å²) in [5.41, 5.74) is 5.90. The molecule has 1 saturated heterocycles. The standard InChI is InChI=1S/C16H23BrN2O3/c1-11(9-22-14-7-8-21-10-14)19-15(20)16(2,18)12-3-5-13(17)6-4-12/h3-6,11,14H,7-10,18H2,1-2H3,(H,19,20). The van der Waals surface area contributed by atoms with Gasteiger partial charge < -0.3 is 20.5 Å². The Labute approximate surface area is 139 Å². The minimum Gasteiger partial charge on any atom is -0.379 e. The van der Waals surface area contributed by atoms with Crippen LogP contribution in [0.2, 0.25) is 0 Å².